The first-order chi connectivity index (χ1) is 10.3. The second-order valence-electron chi connectivity index (χ2n) is 5.13. The van der Waals surface area contributed by atoms with Gasteiger partial charge in [-0.3, -0.25) is 4.79 Å². The first kappa shape index (κ1) is 13.4. The molecule has 1 saturated heterocycles. The molecule has 1 N–H and O–H groups in total. The van der Waals surface area contributed by atoms with Crippen LogP contribution >= 0.6 is 0 Å². The zero-order valence-electron chi connectivity index (χ0n) is 11.7. The van der Waals surface area contributed by atoms with E-state index < -0.39 is 0 Å². The summed E-state index contributed by atoms with van der Waals surface area (Å²) in [6.07, 6.45) is 2.15. The van der Waals surface area contributed by atoms with Crippen LogP contribution in [0.2, 0.25) is 0 Å². The predicted octanol–water partition coefficient (Wildman–Crippen LogP) is 2.14. The molecule has 5 nitrogen and oxygen atoms in total. The van der Waals surface area contributed by atoms with E-state index in [1.54, 1.807) is 6.07 Å². The summed E-state index contributed by atoms with van der Waals surface area (Å²) in [5.74, 6) is 0.537. The van der Waals surface area contributed by atoms with Gasteiger partial charge in [0.25, 0.3) is 0 Å². The maximum absolute atomic E-state index is 12.0. The van der Waals surface area contributed by atoms with Crippen molar-refractivity contribution in [3.8, 4) is 6.07 Å². The van der Waals surface area contributed by atoms with E-state index in [9.17, 15) is 10.1 Å². The quantitative estimate of drug-likeness (QED) is 0.935. The average molecular weight is 280 g/mol. The molecule has 5 heteroatoms. The zero-order chi connectivity index (χ0) is 14.7. The molecule has 106 valence electrons. The molecule has 0 aliphatic carbocycles. The summed E-state index contributed by atoms with van der Waals surface area (Å²) in [6.45, 7) is 1.84. The van der Waals surface area contributed by atoms with Crippen LogP contribution in [-0.2, 0) is 4.79 Å². The van der Waals surface area contributed by atoms with Gasteiger partial charge in [-0.2, -0.15) is 5.26 Å². The third-order valence-electron chi connectivity index (χ3n) is 3.71. The number of anilines is 1. The highest BCUT2D eigenvalue weighted by atomic mass is 16.2. The molecule has 1 amide bonds. The van der Waals surface area contributed by atoms with Gasteiger partial charge < -0.3 is 10.2 Å². The lowest BCUT2D eigenvalue weighted by Crippen LogP contribution is -2.33. The van der Waals surface area contributed by atoms with E-state index in [1.807, 2.05) is 29.2 Å². The van der Waals surface area contributed by atoms with Crippen LogP contribution in [0.1, 0.15) is 18.4 Å². The molecule has 1 aromatic heterocycles. The minimum Gasteiger partial charge on any atom is -0.360 e. The lowest BCUT2D eigenvalue weighted by Gasteiger charge is -2.16. The molecule has 1 aromatic carbocycles. The van der Waals surface area contributed by atoms with Crippen LogP contribution in [-0.4, -0.2) is 35.4 Å². The van der Waals surface area contributed by atoms with E-state index in [1.165, 1.54) is 0 Å². The Hall–Kier alpha value is -2.61. The molecule has 2 heterocycles. The molecule has 0 unspecified atom stereocenters. The van der Waals surface area contributed by atoms with Crippen molar-refractivity contribution in [1.82, 2.24) is 9.88 Å². The van der Waals surface area contributed by atoms with E-state index in [0.717, 1.165) is 36.8 Å². The van der Waals surface area contributed by atoms with Crippen LogP contribution in [0, 0.1) is 11.3 Å². The van der Waals surface area contributed by atoms with Gasteiger partial charge in [-0.05, 0) is 25.0 Å². The largest absolute Gasteiger partial charge is 0.360 e. The Morgan fingerprint density at radius 2 is 2.10 bits per heavy atom. The number of pyridine rings is 1. The molecule has 0 saturated carbocycles. The third kappa shape index (κ3) is 2.79. The minimum absolute atomic E-state index is 0.0614. The summed E-state index contributed by atoms with van der Waals surface area (Å²) in [6, 6.07) is 11.6. The van der Waals surface area contributed by atoms with Crippen LogP contribution in [0.15, 0.2) is 30.3 Å². The summed E-state index contributed by atoms with van der Waals surface area (Å²) in [7, 11) is 0. The van der Waals surface area contributed by atoms with Crippen LogP contribution < -0.4 is 5.32 Å². The Bertz CT molecular complexity index is 714. The lowest BCUT2D eigenvalue weighted by atomic mass is 10.1. The van der Waals surface area contributed by atoms with Crippen molar-refractivity contribution in [3.63, 3.8) is 0 Å². The molecule has 0 bridgehead atoms. The average Bonchev–Trinajstić information content (AvgIpc) is 3.06. The molecule has 0 radical (unpaired) electrons. The van der Waals surface area contributed by atoms with Gasteiger partial charge in [-0.1, -0.05) is 18.2 Å². The van der Waals surface area contributed by atoms with Crippen molar-refractivity contribution >= 4 is 22.6 Å². The lowest BCUT2D eigenvalue weighted by molar-refractivity contribution is -0.128. The molecule has 2 aromatic rings. The van der Waals surface area contributed by atoms with E-state index in [2.05, 4.69) is 16.4 Å². The van der Waals surface area contributed by atoms with Gasteiger partial charge in [0.05, 0.1) is 17.6 Å². The van der Waals surface area contributed by atoms with Gasteiger partial charge in [0.2, 0.25) is 5.91 Å². The summed E-state index contributed by atoms with van der Waals surface area (Å²) < 4.78 is 0. The molecule has 21 heavy (non-hydrogen) atoms. The smallest absolute Gasteiger partial charge is 0.241 e. The Balaban J connectivity index is 1.79. The highest BCUT2D eigenvalue weighted by Crippen LogP contribution is 2.19. The second kappa shape index (κ2) is 5.80. The van der Waals surface area contributed by atoms with Crippen molar-refractivity contribution in [2.45, 2.75) is 12.8 Å². The maximum Gasteiger partial charge on any atom is 0.241 e. The fourth-order valence-corrected chi connectivity index (χ4v) is 2.57. The number of rotatable bonds is 3. The number of nitrogens with one attached hydrogen (secondary N) is 1. The van der Waals surface area contributed by atoms with Crippen LogP contribution in [0.25, 0.3) is 10.9 Å². The van der Waals surface area contributed by atoms with Gasteiger partial charge in [-0.15, -0.1) is 0 Å². The van der Waals surface area contributed by atoms with E-state index in [4.69, 9.17) is 0 Å². The van der Waals surface area contributed by atoms with Gasteiger partial charge in [0.15, 0.2) is 0 Å². The van der Waals surface area contributed by atoms with Crippen molar-refractivity contribution in [2.24, 2.45) is 0 Å². The predicted molar refractivity (Wildman–Crippen MR) is 80.8 cm³/mol. The molecule has 1 aliphatic heterocycles. The highest BCUT2D eigenvalue weighted by Gasteiger charge is 2.18. The Morgan fingerprint density at radius 1 is 1.33 bits per heavy atom. The number of carbonyl (C=O) groups excluding carboxylic acids is 1. The first-order valence-corrected chi connectivity index (χ1v) is 7.09. The van der Waals surface area contributed by atoms with Gasteiger partial charge in [0.1, 0.15) is 11.9 Å². The third-order valence-corrected chi connectivity index (χ3v) is 3.71. The van der Waals surface area contributed by atoms with Crippen LogP contribution in [0.3, 0.4) is 0 Å². The zero-order valence-corrected chi connectivity index (χ0v) is 11.7. The molecule has 3 rings (SSSR count). The van der Waals surface area contributed by atoms with Gasteiger partial charge >= 0.3 is 0 Å². The monoisotopic (exact) mass is 280 g/mol. The molecular formula is C16H16N4O. The normalized spacial score (nSPS) is 14.1. The number of aromatic nitrogens is 1. The van der Waals surface area contributed by atoms with E-state index in [0.29, 0.717) is 11.4 Å². The SMILES string of the molecule is N#Cc1cc2ccccc2nc1NCC(=O)N1CCCC1. The maximum atomic E-state index is 12.0. The number of hydrogen-bond donors (Lipinski definition) is 1. The standard InChI is InChI=1S/C16H16N4O/c17-10-13-9-12-5-1-2-6-14(12)19-16(13)18-11-15(21)20-7-3-4-8-20/h1-2,5-6,9H,3-4,7-8,11H2,(H,18,19). The first-order valence-electron chi connectivity index (χ1n) is 7.09. The second-order valence-corrected chi connectivity index (χ2v) is 5.13. The Labute approximate surface area is 123 Å². The highest BCUT2D eigenvalue weighted by molar-refractivity contribution is 5.85. The van der Waals surface area contributed by atoms with Gasteiger partial charge in [-0.25, -0.2) is 4.98 Å². The number of hydrogen-bond acceptors (Lipinski definition) is 4. The topological polar surface area (TPSA) is 69.0 Å². The molecule has 1 fully saturated rings. The van der Waals surface area contributed by atoms with Crippen molar-refractivity contribution in [1.29, 1.82) is 5.26 Å². The number of carbonyl (C=O) groups is 1. The number of fused-ring (bicyclic) bond motifs is 1. The van der Waals surface area contributed by atoms with Crippen molar-refractivity contribution in [3.05, 3.63) is 35.9 Å². The van der Waals surface area contributed by atoms with Crippen molar-refractivity contribution < 1.29 is 4.79 Å². The number of nitrogens with zero attached hydrogens (tertiary/aromatic N) is 3. The Kier molecular flexibility index (Phi) is 3.69. The number of benzene rings is 1. The molecular weight excluding hydrogens is 264 g/mol. The summed E-state index contributed by atoms with van der Waals surface area (Å²) in [5.41, 5.74) is 1.27. The number of para-hydroxylation sites is 1. The fourth-order valence-electron chi connectivity index (χ4n) is 2.57. The fraction of sp³-hybridized carbons (Fsp3) is 0.312. The van der Waals surface area contributed by atoms with Crippen LogP contribution in [0.5, 0.6) is 0 Å². The number of likely N-dealkylation sites (tertiary alicyclic amines) is 1. The molecule has 1 aliphatic rings. The molecule has 0 atom stereocenters. The summed E-state index contributed by atoms with van der Waals surface area (Å²) in [5, 5.41) is 13.2. The van der Waals surface area contributed by atoms with Crippen molar-refractivity contribution in [2.75, 3.05) is 25.0 Å². The number of amides is 1. The van der Waals surface area contributed by atoms with Crippen LogP contribution in [0.4, 0.5) is 5.82 Å². The summed E-state index contributed by atoms with van der Waals surface area (Å²) >= 11 is 0. The number of nitriles is 1. The van der Waals surface area contributed by atoms with Gasteiger partial charge in [0, 0.05) is 18.5 Å². The van der Waals surface area contributed by atoms with E-state index in [-0.39, 0.29) is 12.5 Å². The minimum atomic E-state index is 0.0614. The Morgan fingerprint density at radius 3 is 2.86 bits per heavy atom. The summed E-state index contributed by atoms with van der Waals surface area (Å²) in [4.78, 5) is 18.3. The molecule has 0 spiro atoms. The van der Waals surface area contributed by atoms with E-state index >= 15 is 0 Å².